The van der Waals surface area contributed by atoms with E-state index in [9.17, 15) is 9.59 Å². The van der Waals surface area contributed by atoms with Crippen molar-refractivity contribution in [2.45, 2.75) is 51.0 Å². The minimum atomic E-state index is 0.0276. The minimum absolute atomic E-state index is 0.0276. The van der Waals surface area contributed by atoms with Gasteiger partial charge in [0, 0.05) is 30.5 Å². The molecule has 0 aromatic heterocycles. The molecule has 1 heterocycles. The number of carbonyl (C=O) groups is 2. The number of anilines is 1. The van der Waals surface area contributed by atoms with E-state index in [1.165, 1.54) is 24.2 Å². The van der Waals surface area contributed by atoms with Crippen LogP contribution in [0.2, 0.25) is 0 Å². The zero-order valence-electron chi connectivity index (χ0n) is 16.3. The number of amides is 2. The molecular weight excluding hydrogens is 342 g/mol. The molecule has 0 bridgehead atoms. The zero-order chi connectivity index (χ0) is 19.1. The van der Waals surface area contributed by atoms with Gasteiger partial charge in [0.05, 0.1) is 20.2 Å². The fourth-order valence-electron chi connectivity index (χ4n) is 4.14. The first-order valence-corrected chi connectivity index (χ1v) is 10.2. The predicted molar refractivity (Wildman–Crippen MR) is 105 cm³/mol. The van der Waals surface area contributed by atoms with Crippen molar-refractivity contribution in [3.8, 4) is 5.75 Å². The summed E-state index contributed by atoms with van der Waals surface area (Å²) in [6.07, 6.45) is 7.62. The van der Waals surface area contributed by atoms with Gasteiger partial charge in [-0.1, -0.05) is 19.3 Å². The van der Waals surface area contributed by atoms with Crippen molar-refractivity contribution in [2.75, 3.05) is 32.1 Å². The third-order valence-corrected chi connectivity index (χ3v) is 5.80. The zero-order valence-corrected chi connectivity index (χ0v) is 16.3. The quantitative estimate of drug-likeness (QED) is 0.704. The fourth-order valence-corrected chi connectivity index (χ4v) is 4.14. The molecule has 2 amide bonds. The lowest BCUT2D eigenvalue weighted by Gasteiger charge is -2.31. The third kappa shape index (κ3) is 5.96. The molecular formula is C21H32N3O3+. The van der Waals surface area contributed by atoms with Gasteiger partial charge in [0.15, 0.2) is 6.54 Å². The highest BCUT2D eigenvalue weighted by Crippen LogP contribution is 2.24. The topological polar surface area (TPSA) is 71.9 Å². The van der Waals surface area contributed by atoms with Gasteiger partial charge < -0.3 is 20.3 Å². The van der Waals surface area contributed by atoms with Crippen LogP contribution in [-0.2, 0) is 9.59 Å². The van der Waals surface area contributed by atoms with Gasteiger partial charge in [-0.05, 0) is 37.1 Å². The van der Waals surface area contributed by atoms with Crippen LogP contribution in [0.5, 0.6) is 5.75 Å². The molecule has 1 saturated carbocycles. The van der Waals surface area contributed by atoms with Crippen molar-refractivity contribution in [2.24, 2.45) is 5.92 Å². The van der Waals surface area contributed by atoms with Gasteiger partial charge in [-0.2, -0.15) is 0 Å². The lowest BCUT2D eigenvalue weighted by Crippen LogP contribution is -3.14. The van der Waals surface area contributed by atoms with Gasteiger partial charge in [0.2, 0.25) is 5.91 Å². The number of ether oxygens (including phenoxy) is 1. The molecule has 2 aliphatic rings. The van der Waals surface area contributed by atoms with Crippen LogP contribution in [0.3, 0.4) is 0 Å². The van der Waals surface area contributed by atoms with E-state index in [1.807, 2.05) is 24.3 Å². The van der Waals surface area contributed by atoms with Crippen molar-refractivity contribution in [3.05, 3.63) is 24.3 Å². The Bertz CT molecular complexity index is 618. The average molecular weight is 375 g/mol. The normalized spacial score (nSPS) is 23.4. The summed E-state index contributed by atoms with van der Waals surface area (Å²) >= 11 is 0. The molecule has 3 rings (SSSR count). The van der Waals surface area contributed by atoms with E-state index in [1.54, 1.807) is 7.11 Å². The molecule has 6 nitrogen and oxygen atoms in total. The second kappa shape index (κ2) is 9.74. The van der Waals surface area contributed by atoms with Crippen molar-refractivity contribution in [1.82, 2.24) is 5.32 Å². The highest BCUT2D eigenvalue weighted by molar-refractivity contribution is 5.91. The van der Waals surface area contributed by atoms with Crippen molar-refractivity contribution >= 4 is 17.5 Å². The van der Waals surface area contributed by atoms with Crippen molar-refractivity contribution in [3.63, 3.8) is 0 Å². The number of likely N-dealkylation sites (tertiary alicyclic amines) is 1. The number of piperidine rings is 1. The number of quaternary nitrogens is 1. The van der Waals surface area contributed by atoms with Gasteiger partial charge in [-0.3, -0.25) is 9.59 Å². The molecule has 0 atom stereocenters. The molecule has 1 saturated heterocycles. The Hall–Kier alpha value is -2.08. The van der Waals surface area contributed by atoms with Gasteiger partial charge in [0.1, 0.15) is 5.75 Å². The Kier molecular flexibility index (Phi) is 7.10. The molecule has 6 heteroatoms. The van der Waals surface area contributed by atoms with Gasteiger partial charge in [-0.15, -0.1) is 0 Å². The van der Waals surface area contributed by atoms with Crippen molar-refractivity contribution < 1.29 is 19.2 Å². The standard InChI is InChI=1S/C21H31N3O3/c1-27-19-9-7-17(8-10-19)22-20(25)15-24-13-11-18(12-14-24)23-21(26)16-5-3-2-4-6-16/h7-10,16,18H,2-6,11-15H2,1H3,(H,22,25)(H,23,26)/p+1. The molecule has 1 aliphatic carbocycles. The highest BCUT2D eigenvalue weighted by Gasteiger charge is 2.28. The molecule has 1 aliphatic heterocycles. The van der Waals surface area contributed by atoms with Crippen molar-refractivity contribution in [1.29, 1.82) is 0 Å². The van der Waals surface area contributed by atoms with E-state index in [4.69, 9.17) is 4.74 Å². The molecule has 1 aromatic rings. The maximum atomic E-state index is 12.4. The number of hydrogen-bond donors (Lipinski definition) is 3. The number of carbonyl (C=O) groups excluding carboxylic acids is 2. The minimum Gasteiger partial charge on any atom is -0.497 e. The largest absolute Gasteiger partial charge is 0.497 e. The fraction of sp³-hybridized carbons (Fsp3) is 0.619. The van der Waals surface area contributed by atoms with Crippen LogP contribution < -0.4 is 20.3 Å². The Morgan fingerprint density at radius 2 is 1.70 bits per heavy atom. The summed E-state index contributed by atoms with van der Waals surface area (Å²) in [7, 11) is 1.62. The molecule has 2 fully saturated rings. The van der Waals surface area contributed by atoms with Crippen LogP contribution in [0.25, 0.3) is 0 Å². The summed E-state index contributed by atoms with van der Waals surface area (Å²) < 4.78 is 5.12. The smallest absolute Gasteiger partial charge is 0.279 e. The van der Waals surface area contributed by atoms with E-state index in [0.717, 1.165) is 50.2 Å². The summed E-state index contributed by atoms with van der Waals surface area (Å²) in [4.78, 5) is 25.9. The molecule has 0 spiro atoms. The molecule has 0 radical (unpaired) electrons. The van der Waals surface area contributed by atoms with E-state index in [0.29, 0.717) is 6.54 Å². The number of rotatable bonds is 6. The molecule has 3 N–H and O–H groups in total. The van der Waals surface area contributed by atoms with E-state index >= 15 is 0 Å². The lowest BCUT2D eigenvalue weighted by atomic mass is 9.88. The predicted octanol–water partition coefficient (Wildman–Crippen LogP) is 1.38. The lowest BCUT2D eigenvalue weighted by molar-refractivity contribution is -0.897. The first kappa shape index (κ1) is 19.7. The second-order valence-electron chi connectivity index (χ2n) is 7.82. The highest BCUT2D eigenvalue weighted by atomic mass is 16.5. The number of nitrogens with one attached hydrogen (secondary N) is 3. The third-order valence-electron chi connectivity index (χ3n) is 5.80. The summed E-state index contributed by atoms with van der Waals surface area (Å²) in [5, 5.41) is 6.19. The summed E-state index contributed by atoms with van der Waals surface area (Å²) in [6, 6.07) is 7.64. The summed E-state index contributed by atoms with van der Waals surface area (Å²) in [5.74, 6) is 1.27. The monoisotopic (exact) mass is 374 g/mol. The average Bonchev–Trinajstić information content (AvgIpc) is 2.70. The maximum absolute atomic E-state index is 12.4. The Morgan fingerprint density at radius 1 is 1.04 bits per heavy atom. The van der Waals surface area contributed by atoms with E-state index in [2.05, 4.69) is 10.6 Å². The second-order valence-corrected chi connectivity index (χ2v) is 7.82. The van der Waals surface area contributed by atoms with Gasteiger partial charge in [-0.25, -0.2) is 0 Å². The number of methoxy groups -OCH3 is 1. The molecule has 1 aromatic carbocycles. The van der Waals surface area contributed by atoms with E-state index in [-0.39, 0.29) is 23.8 Å². The summed E-state index contributed by atoms with van der Waals surface area (Å²) in [6.45, 7) is 2.31. The first-order valence-electron chi connectivity index (χ1n) is 10.2. The van der Waals surface area contributed by atoms with Crippen LogP contribution in [0.1, 0.15) is 44.9 Å². The number of hydrogen-bond acceptors (Lipinski definition) is 3. The molecule has 0 unspecified atom stereocenters. The summed E-state index contributed by atoms with van der Waals surface area (Å²) in [5.41, 5.74) is 0.787. The Morgan fingerprint density at radius 3 is 2.33 bits per heavy atom. The van der Waals surface area contributed by atoms with Crippen LogP contribution in [0.4, 0.5) is 5.69 Å². The Labute approximate surface area is 161 Å². The first-order chi connectivity index (χ1) is 13.1. The molecule has 27 heavy (non-hydrogen) atoms. The van der Waals surface area contributed by atoms with Gasteiger partial charge in [0.25, 0.3) is 5.91 Å². The van der Waals surface area contributed by atoms with Crippen LogP contribution in [-0.4, -0.2) is 44.6 Å². The SMILES string of the molecule is COc1ccc(NC(=O)C[NH+]2CCC(NC(=O)C3CCCCC3)CC2)cc1. The molecule has 148 valence electrons. The number of benzene rings is 1. The van der Waals surface area contributed by atoms with Crippen LogP contribution >= 0.6 is 0 Å². The van der Waals surface area contributed by atoms with Gasteiger partial charge >= 0.3 is 0 Å². The van der Waals surface area contributed by atoms with Crippen LogP contribution in [0, 0.1) is 5.92 Å². The van der Waals surface area contributed by atoms with Crippen LogP contribution in [0.15, 0.2) is 24.3 Å². The Balaban J connectivity index is 1.37. The van der Waals surface area contributed by atoms with E-state index < -0.39 is 0 Å². The maximum Gasteiger partial charge on any atom is 0.279 e.